The minimum Gasteiger partial charge on any atom is -0.481 e. The van der Waals surface area contributed by atoms with E-state index in [0.717, 1.165) is 12.5 Å². The fraction of sp³-hybridized carbons (Fsp3) is 0.361. The molecule has 1 aliphatic heterocycles. The molecule has 1 aromatic heterocycles. The Labute approximate surface area is 317 Å². The molecule has 0 fully saturated rings. The molecule has 3 aromatic rings. The molecule has 0 saturated carbocycles. The third-order valence-electron chi connectivity index (χ3n) is 7.52. The summed E-state index contributed by atoms with van der Waals surface area (Å²) >= 11 is 2.85. The summed E-state index contributed by atoms with van der Waals surface area (Å²) < 4.78 is 47.4. The van der Waals surface area contributed by atoms with Crippen LogP contribution in [0.15, 0.2) is 64.4 Å². The van der Waals surface area contributed by atoms with Crippen LogP contribution in [0.4, 0.5) is 23.9 Å². The molecule has 54 heavy (non-hydrogen) atoms. The number of anilines is 1. The smallest absolute Gasteiger partial charge is 0.419 e. The summed E-state index contributed by atoms with van der Waals surface area (Å²) in [6.45, 7) is 10.9. The number of benzene rings is 2. The molecule has 14 nitrogen and oxygen atoms in total. The molecule has 1 atom stereocenters. The Morgan fingerprint density at radius 3 is 2.31 bits per heavy atom. The highest BCUT2D eigenvalue weighted by atomic mass is 79.9. The van der Waals surface area contributed by atoms with Crippen molar-refractivity contribution in [1.82, 2.24) is 19.4 Å². The number of amides is 3. The minimum atomic E-state index is -4.27. The summed E-state index contributed by atoms with van der Waals surface area (Å²) in [5.74, 6) is -2.54. The van der Waals surface area contributed by atoms with Gasteiger partial charge in [-0.25, -0.2) is 19.2 Å². The van der Waals surface area contributed by atoms with Gasteiger partial charge in [0, 0.05) is 35.2 Å². The van der Waals surface area contributed by atoms with Crippen molar-refractivity contribution in [3.05, 3.63) is 97.9 Å². The van der Waals surface area contributed by atoms with E-state index in [2.05, 4.69) is 37.5 Å². The standard InChI is InChI=1S/C26H29N5O9.C8H6BrF3.C2H6/c1-4-11-27-25-28-20-13-30(14-32)16(2)12-19(20)24(37)31(25)18-7-5-17(6-8-18)23(36)29(3)26(38)40-15-39-22(35)10-9-21(33)34;1-5-2-3-7(9)6(4-5)8(10,11)12;1-2/h4-8,14,16H,1,9-13,15H2,2-3H3,(H,27,28)(H,33,34);2-4H,1H3;1-2H3/t16-;;/m1../s1. The topological polar surface area (TPSA) is 177 Å². The van der Waals surface area contributed by atoms with Crippen LogP contribution >= 0.6 is 15.9 Å². The van der Waals surface area contributed by atoms with Crippen molar-refractivity contribution in [3.8, 4) is 5.69 Å². The van der Waals surface area contributed by atoms with E-state index >= 15 is 0 Å². The Bertz CT molecular complexity index is 1880. The number of halogens is 4. The minimum absolute atomic E-state index is 0.0839. The van der Waals surface area contributed by atoms with E-state index in [0.29, 0.717) is 40.4 Å². The first-order valence-electron chi connectivity index (χ1n) is 16.4. The average molecular weight is 825 g/mol. The SMILES string of the molecule is C=CCNc1nc2c(c(=O)n1-c1ccc(C(=O)N(C)C(=O)OCOC(=O)CCC(=O)O)cc1)C[C@@H](C)N(C=O)C2.CC.Cc1ccc(Br)c(C(F)(F)F)c1. The maximum absolute atomic E-state index is 13.5. The second-order valence-corrected chi connectivity index (χ2v) is 12.2. The van der Waals surface area contributed by atoms with Gasteiger partial charge in [0.1, 0.15) is 0 Å². The number of aryl methyl sites for hydroxylation is 1. The van der Waals surface area contributed by atoms with E-state index in [1.165, 1.54) is 41.9 Å². The molecule has 0 unspecified atom stereocenters. The van der Waals surface area contributed by atoms with Crippen molar-refractivity contribution in [3.63, 3.8) is 0 Å². The number of fused-ring (bicyclic) bond motifs is 1. The number of carbonyl (C=O) groups excluding carboxylic acids is 4. The van der Waals surface area contributed by atoms with Gasteiger partial charge in [-0.2, -0.15) is 13.2 Å². The lowest BCUT2D eigenvalue weighted by Crippen LogP contribution is -2.42. The Balaban J connectivity index is 0.000000606. The molecule has 18 heteroatoms. The molecule has 4 rings (SSSR count). The van der Waals surface area contributed by atoms with Gasteiger partial charge in [0.05, 0.1) is 36.3 Å². The van der Waals surface area contributed by atoms with E-state index in [1.54, 1.807) is 24.0 Å². The number of aromatic nitrogens is 2. The first kappa shape index (κ1) is 44.6. The van der Waals surface area contributed by atoms with Crippen molar-refractivity contribution in [2.75, 3.05) is 25.7 Å². The third kappa shape index (κ3) is 12.3. The molecule has 1 aliphatic rings. The van der Waals surface area contributed by atoms with Crippen molar-refractivity contribution < 1.29 is 51.7 Å². The lowest BCUT2D eigenvalue weighted by Gasteiger charge is -2.31. The predicted octanol–water partition coefficient (Wildman–Crippen LogP) is 6.11. The van der Waals surface area contributed by atoms with Crippen LogP contribution in [0.25, 0.3) is 5.69 Å². The van der Waals surface area contributed by atoms with Crippen LogP contribution in [-0.4, -0.2) is 81.2 Å². The lowest BCUT2D eigenvalue weighted by atomic mass is 10.0. The Morgan fingerprint density at radius 1 is 1.11 bits per heavy atom. The van der Waals surface area contributed by atoms with Crippen molar-refractivity contribution in [2.45, 2.75) is 65.7 Å². The first-order chi connectivity index (χ1) is 25.5. The molecule has 292 valence electrons. The largest absolute Gasteiger partial charge is 0.481 e. The number of rotatable bonds is 11. The van der Waals surface area contributed by atoms with Gasteiger partial charge in [-0.1, -0.05) is 47.5 Å². The summed E-state index contributed by atoms with van der Waals surface area (Å²) in [5, 5.41) is 11.6. The zero-order valence-electron chi connectivity index (χ0n) is 30.2. The number of imide groups is 1. The monoisotopic (exact) mass is 823 g/mol. The summed E-state index contributed by atoms with van der Waals surface area (Å²) in [7, 11) is 1.17. The van der Waals surface area contributed by atoms with Crippen LogP contribution in [-0.2, 0) is 43.0 Å². The van der Waals surface area contributed by atoms with Gasteiger partial charge < -0.3 is 24.8 Å². The van der Waals surface area contributed by atoms with Gasteiger partial charge in [-0.3, -0.25) is 24.0 Å². The predicted molar refractivity (Wildman–Crippen MR) is 195 cm³/mol. The summed E-state index contributed by atoms with van der Waals surface area (Å²) in [6, 6.07) is 9.86. The van der Waals surface area contributed by atoms with Gasteiger partial charge >= 0.3 is 24.2 Å². The van der Waals surface area contributed by atoms with Gasteiger partial charge in [-0.05, 0) is 56.7 Å². The van der Waals surface area contributed by atoms with E-state index in [1.807, 2.05) is 20.8 Å². The summed E-state index contributed by atoms with van der Waals surface area (Å²) in [4.78, 5) is 78.6. The molecule has 3 amide bonds. The number of alkyl halides is 3. The van der Waals surface area contributed by atoms with Crippen LogP contribution in [0.2, 0.25) is 0 Å². The van der Waals surface area contributed by atoms with Crippen LogP contribution in [0.5, 0.6) is 0 Å². The van der Waals surface area contributed by atoms with Crippen molar-refractivity contribution in [1.29, 1.82) is 0 Å². The van der Waals surface area contributed by atoms with E-state index < -0.39 is 55.3 Å². The Kier molecular flexibility index (Phi) is 17.1. The fourth-order valence-electron chi connectivity index (χ4n) is 4.75. The van der Waals surface area contributed by atoms with Crippen LogP contribution < -0.4 is 10.9 Å². The van der Waals surface area contributed by atoms with Gasteiger partial charge in [0.25, 0.3) is 11.5 Å². The van der Waals surface area contributed by atoms with Gasteiger partial charge in [-0.15, -0.1) is 6.58 Å². The van der Waals surface area contributed by atoms with Gasteiger partial charge in [0.15, 0.2) is 0 Å². The number of ether oxygens (including phenoxy) is 2. The van der Waals surface area contributed by atoms with E-state index in [9.17, 15) is 41.9 Å². The number of nitrogens with one attached hydrogen (secondary N) is 1. The molecule has 2 heterocycles. The normalized spacial score (nSPS) is 13.1. The third-order valence-corrected chi connectivity index (χ3v) is 8.22. The lowest BCUT2D eigenvalue weighted by molar-refractivity contribution is -0.154. The first-order valence-corrected chi connectivity index (χ1v) is 17.2. The zero-order valence-corrected chi connectivity index (χ0v) is 31.8. The summed E-state index contributed by atoms with van der Waals surface area (Å²) in [5.41, 5.74) is 1.17. The van der Waals surface area contributed by atoms with Gasteiger partial charge in [0.2, 0.25) is 19.2 Å². The maximum atomic E-state index is 13.5. The quantitative estimate of drug-likeness (QED) is 0.0988. The highest BCUT2D eigenvalue weighted by Crippen LogP contribution is 2.35. The molecular formula is C36H41BrF3N5O9. The van der Waals surface area contributed by atoms with Crippen LogP contribution in [0, 0.1) is 6.92 Å². The highest BCUT2D eigenvalue weighted by molar-refractivity contribution is 9.10. The second-order valence-electron chi connectivity index (χ2n) is 11.3. The molecule has 0 bridgehead atoms. The number of aliphatic carboxylic acids is 1. The number of nitrogens with zero attached hydrogens (tertiary/aromatic N) is 4. The average Bonchev–Trinajstić information content (AvgIpc) is 3.14. The number of carbonyl (C=O) groups is 5. The Hall–Kier alpha value is -5.52. The number of carboxylic acids is 1. The molecule has 2 N–H and O–H groups in total. The zero-order chi connectivity index (χ0) is 40.7. The Morgan fingerprint density at radius 2 is 1.76 bits per heavy atom. The molecular weight excluding hydrogens is 783 g/mol. The number of hydrogen-bond donors (Lipinski definition) is 2. The highest BCUT2D eigenvalue weighted by Gasteiger charge is 2.33. The van der Waals surface area contributed by atoms with Crippen LogP contribution in [0.3, 0.4) is 0 Å². The fourth-order valence-corrected chi connectivity index (χ4v) is 5.22. The van der Waals surface area contributed by atoms with E-state index in [4.69, 9.17) is 9.84 Å². The summed E-state index contributed by atoms with van der Waals surface area (Å²) in [6.07, 6.45) is -3.52. The molecule has 0 saturated heterocycles. The van der Waals surface area contributed by atoms with Crippen molar-refractivity contribution in [2.24, 2.45) is 0 Å². The number of esters is 1. The second kappa shape index (κ2) is 20.6. The maximum Gasteiger partial charge on any atom is 0.419 e. The van der Waals surface area contributed by atoms with E-state index in [-0.39, 0.29) is 34.1 Å². The molecule has 0 radical (unpaired) electrons. The van der Waals surface area contributed by atoms with Crippen LogP contribution in [0.1, 0.15) is 66.4 Å². The van der Waals surface area contributed by atoms with Crippen molar-refractivity contribution >= 4 is 52.2 Å². The number of carboxylic acid groups (broad SMARTS) is 1. The number of hydrogen-bond acceptors (Lipinski definition) is 10. The molecule has 0 spiro atoms. The molecule has 0 aliphatic carbocycles. The molecule has 2 aromatic carbocycles.